The van der Waals surface area contributed by atoms with E-state index in [2.05, 4.69) is 27.0 Å². The van der Waals surface area contributed by atoms with E-state index in [9.17, 15) is 4.79 Å². The smallest absolute Gasteiger partial charge is 0.336 e. The highest BCUT2D eigenvalue weighted by molar-refractivity contribution is 5.80. The molecule has 0 bridgehead atoms. The van der Waals surface area contributed by atoms with E-state index in [1.165, 1.54) is 0 Å². The molecule has 1 saturated heterocycles. The van der Waals surface area contributed by atoms with Gasteiger partial charge in [-0.2, -0.15) is 0 Å². The second-order valence-corrected chi connectivity index (χ2v) is 6.64. The number of likely N-dealkylation sites (tertiary alicyclic amines) is 1. The monoisotopic (exact) mass is 323 g/mol. The van der Waals surface area contributed by atoms with Gasteiger partial charge in [0.1, 0.15) is 11.4 Å². The van der Waals surface area contributed by atoms with E-state index in [0.717, 1.165) is 54.8 Å². The van der Waals surface area contributed by atoms with E-state index >= 15 is 0 Å². The van der Waals surface area contributed by atoms with E-state index in [1.54, 1.807) is 6.07 Å². The number of imidazole rings is 1. The molecule has 0 saturated carbocycles. The minimum absolute atomic E-state index is 0.275. The van der Waals surface area contributed by atoms with Gasteiger partial charge in [-0.25, -0.2) is 9.78 Å². The van der Waals surface area contributed by atoms with Crippen molar-refractivity contribution in [1.29, 1.82) is 0 Å². The molecule has 1 atom stereocenters. The normalized spacial score (nSPS) is 19.0. The van der Waals surface area contributed by atoms with Gasteiger partial charge in [-0.15, -0.1) is 0 Å². The fourth-order valence-corrected chi connectivity index (χ4v) is 3.63. The van der Waals surface area contributed by atoms with Crippen molar-refractivity contribution in [3.05, 3.63) is 64.0 Å². The number of piperidine rings is 1. The number of aromatic amines is 1. The maximum atomic E-state index is 11.9. The Morgan fingerprint density at radius 1 is 1.38 bits per heavy atom. The first-order chi connectivity index (χ1) is 11.7. The molecule has 1 aliphatic heterocycles. The third-order valence-corrected chi connectivity index (χ3v) is 4.79. The van der Waals surface area contributed by atoms with E-state index in [4.69, 9.17) is 4.42 Å². The summed E-state index contributed by atoms with van der Waals surface area (Å²) in [6.45, 7) is 4.78. The first-order valence-electron chi connectivity index (χ1n) is 8.44. The zero-order valence-corrected chi connectivity index (χ0v) is 13.8. The second-order valence-electron chi connectivity index (χ2n) is 6.64. The Morgan fingerprint density at radius 3 is 3.12 bits per heavy atom. The summed E-state index contributed by atoms with van der Waals surface area (Å²) < 4.78 is 5.36. The van der Waals surface area contributed by atoms with Crippen LogP contribution in [0.15, 0.2) is 45.9 Å². The number of hydrogen-bond acceptors (Lipinski definition) is 4. The number of rotatable bonds is 3. The number of fused-ring (bicyclic) bond motifs is 1. The van der Waals surface area contributed by atoms with Crippen molar-refractivity contribution in [2.75, 3.05) is 13.1 Å². The largest absolute Gasteiger partial charge is 0.423 e. The van der Waals surface area contributed by atoms with Crippen LogP contribution in [0.2, 0.25) is 0 Å². The van der Waals surface area contributed by atoms with Gasteiger partial charge in [0, 0.05) is 42.9 Å². The standard InChI is InChI=1S/C19H21N3O2/c1-13-4-5-16-15(10-18(23)24-17(16)9-13)12-22-8-2-3-14(11-22)19-20-6-7-21-19/h4-7,9-10,14H,2-3,8,11-12H2,1H3,(H,20,21). The third-order valence-electron chi connectivity index (χ3n) is 4.79. The quantitative estimate of drug-likeness (QED) is 0.752. The number of H-pyrrole nitrogens is 1. The Morgan fingerprint density at radius 2 is 2.29 bits per heavy atom. The zero-order valence-electron chi connectivity index (χ0n) is 13.8. The summed E-state index contributed by atoms with van der Waals surface area (Å²) in [6, 6.07) is 7.68. The summed E-state index contributed by atoms with van der Waals surface area (Å²) in [5.74, 6) is 1.50. The van der Waals surface area contributed by atoms with Crippen LogP contribution in [0.4, 0.5) is 0 Å². The lowest BCUT2D eigenvalue weighted by Crippen LogP contribution is -2.34. The van der Waals surface area contributed by atoms with Crippen molar-refractivity contribution in [3.8, 4) is 0 Å². The fraction of sp³-hybridized carbons (Fsp3) is 0.368. The SMILES string of the molecule is Cc1ccc2c(CN3CCCC(c4ncc[nH]4)C3)cc(=O)oc2c1. The molecule has 1 unspecified atom stereocenters. The molecule has 3 heterocycles. The summed E-state index contributed by atoms with van der Waals surface area (Å²) in [5, 5.41) is 1.03. The van der Waals surface area contributed by atoms with Crippen LogP contribution in [0, 0.1) is 6.92 Å². The zero-order chi connectivity index (χ0) is 16.5. The third kappa shape index (κ3) is 2.99. The highest BCUT2D eigenvalue weighted by Gasteiger charge is 2.23. The Balaban J connectivity index is 1.61. The topological polar surface area (TPSA) is 62.1 Å². The molecule has 4 rings (SSSR count). The van der Waals surface area contributed by atoms with Gasteiger partial charge >= 0.3 is 5.63 Å². The molecule has 1 N–H and O–H groups in total. The van der Waals surface area contributed by atoms with Crippen LogP contribution in [0.25, 0.3) is 11.0 Å². The Bertz CT molecular complexity index is 899. The predicted molar refractivity (Wildman–Crippen MR) is 93.1 cm³/mol. The Hall–Kier alpha value is -2.40. The molecule has 2 aromatic heterocycles. The molecule has 0 aliphatic carbocycles. The molecule has 1 aromatic carbocycles. The lowest BCUT2D eigenvalue weighted by molar-refractivity contribution is 0.197. The van der Waals surface area contributed by atoms with E-state index in [-0.39, 0.29) is 5.63 Å². The lowest BCUT2D eigenvalue weighted by Gasteiger charge is -2.32. The second kappa shape index (κ2) is 6.24. The first kappa shape index (κ1) is 15.1. The predicted octanol–water partition coefficient (Wildman–Crippen LogP) is 3.20. The van der Waals surface area contributed by atoms with Crippen molar-refractivity contribution in [3.63, 3.8) is 0 Å². The van der Waals surface area contributed by atoms with E-state index in [1.807, 2.05) is 25.4 Å². The molecule has 1 fully saturated rings. The molecule has 5 nitrogen and oxygen atoms in total. The molecular formula is C19H21N3O2. The summed E-state index contributed by atoms with van der Waals surface area (Å²) >= 11 is 0. The van der Waals surface area contributed by atoms with Crippen LogP contribution in [0.1, 0.15) is 35.7 Å². The number of benzene rings is 1. The number of nitrogens with one attached hydrogen (secondary N) is 1. The summed E-state index contributed by atoms with van der Waals surface area (Å²) in [5.41, 5.74) is 2.54. The molecule has 124 valence electrons. The molecule has 1 aliphatic rings. The number of hydrogen-bond donors (Lipinski definition) is 1. The van der Waals surface area contributed by atoms with Gasteiger partial charge in [0.05, 0.1) is 0 Å². The molecule has 0 amide bonds. The number of aromatic nitrogens is 2. The summed E-state index contributed by atoms with van der Waals surface area (Å²) in [6.07, 6.45) is 5.99. The molecule has 24 heavy (non-hydrogen) atoms. The van der Waals surface area contributed by atoms with Crippen LogP contribution in [0.3, 0.4) is 0 Å². The van der Waals surface area contributed by atoms with Gasteiger partial charge < -0.3 is 9.40 Å². The van der Waals surface area contributed by atoms with Crippen molar-refractivity contribution in [1.82, 2.24) is 14.9 Å². The van der Waals surface area contributed by atoms with Crippen LogP contribution in [0.5, 0.6) is 0 Å². The van der Waals surface area contributed by atoms with Crippen LogP contribution in [-0.4, -0.2) is 28.0 Å². The Labute approximate surface area is 140 Å². The van der Waals surface area contributed by atoms with Crippen molar-refractivity contribution >= 4 is 11.0 Å². The van der Waals surface area contributed by atoms with Crippen LogP contribution in [-0.2, 0) is 6.54 Å². The van der Waals surface area contributed by atoms with Gasteiger partial charge in [-0.05, 0) is 43.5 Å². The molecule has 0 spiro atoms. The highest BCUT2D eigenvalue weighted by atomic mass is 16.4. The van der Waals surface area contributed by atoms with Gasteiger partial charge in [0.15, 0.2) is 0 Å². The first-order valence-corrected chi connectivity index (χ1v) is 8.44. The van der Waals surface area contributed by atoms with Crippen molar-refractivity contribution < 1.29 is 4.42 Å². The van der Waals surface area contributed by atoms with Gasteiger partial charge in [0.2, 0.25) is 0 Å². The summed E-state index contributed by atoms with van der Waals surface area (Å²) in [4.78, 5) is 22.0. The minimum atomic E-state index is -0.275. The van der Waals surface area contributed by atoms with Crippen molar-refractivity contribution in [2.24, 2.45) is 0 Å². The average molecular weight is 323 g/mol. The molecular weight excluding hydrogens is 302 g/mol. The maximum Gasteiger partial charge on any atom is 0.336 e. The van der Waals surface area contributed by atoms with E-state index in [0.29, 0.717) is 11.5 Å². The average Bonchev–Trinajstić information content (AvgIpc) is 3.09. The van der Waals surface area contributed by atoms with Crippen LogP contribution >= 0.6 is 0 Å². The van der Waals surface area contributed by atoms with Crippen LogP contribution < -0.4 is 5.63 Å². The minimum Gasteiger partial charge on any atom is -0.423 e. The molecule has 0 radical (unpaired) electrons. The molecule has 3 aromatic rings. The lowest BCUT2D eigenvalue weighted by atomic mass is 9.96. The Kier molecular flexibility index (Phi) is 3.94. The number of nitrogens with zero attached hydrogens (tertiary/aromatic N) is 2. The van der Waals surface area contributed by atoms with Gasteiger partial charge in [-0.1, -0.05) is 12.1 Å². The van der Waals surface area contributed by atoms with Gasteiger partial charge in [0.25, 0.3) is 0 Å². The molecule has 5 heteroatoms. The van der Waals surface area contributed by atoms with Crippen molar-refractivity contribution in [2.45, 2.75) is 32.2 Å². The summed E-state index contributed by atoms with van der Waals surface area (Å²) in [7, 11) is 0. The highest BCUT2D eigenvalue weighted by Crippen LogP contribution is 2.27. The van der Waals surface area contributed by atoms with Gasteiger partial charge in [-0.3, -0.25) is 4.90 Å². The number of aryl methyl sites for hydroxylation is 1. The van der Waals surface area contributed by atoms with E-state index < -0.39 is 0 Å². The fourth-order valence-electron chi connectivity index (χ4n) is 3.63. The maximum absolute atomic E-state index is 11.9.